The predicted octanol–water partition coefficient (Wildman–Crippen LogP) is 2.19. The minimum absolute atomic E-state index is 0.114. The van der Waals surface area contributed by atoms with Gasteiger partial charge in [0.2, 0.25) is 5.91 Å². The number of hydrogen-bond acceptors (Lipinski definition) is 9. The molecular weight excluding hydrogens is 543 g/mol. The first-order valence-corrected chi connectivity index (χ1v) is 13.3. The highest BCUT2D eigenvalue weighted by atomic mass is 32.1. The van der Waals surface area contributed by atoms with Crippen molar-refractivity contribution in [2.45, 2.75) is 46.0 Å². The Morgan fingerprint density at radius 3 is 2.50 bits per heavy atom. The largest absolute Gasteiger partial charge is 0.496 e. The van der Waals surface area contributed by atoms with Gasteiger partial charge in [-0.1, -0.05) is 11.3 Å². The van der Waals surface area contributed by atoms with Gasteiger partial charge in [-0.15, -0.1) is 4.80 Å². The van der Waals surface area contributed by atoms with E-state index in [9.17, 15) is 18.8 Å². The van der Waals surface area contributed by atoms with Crippen molar-refractivity contribution in [3.05, 3.63) is 68.4 Å². The zero-order valence-electron chi connectivity index (χ0n) is 22.8. The van der Waals surface area contributed by atoms with Crippen LogP contribution in [0.3, 0.4) is 0 Å². The molecule has 4 rings (SSSR count). The predicted molar refractivity (Wildman–Crippen MR) is 147 cm³/mol. The number of thiophene rings is 1. The topological polar surface area (TPSA) is 132 Å². The van der Waals surface area contributed by atoms with Gasteiger partial charge < -0.3 is 19.5 Å². The molecule has 0 radical (unpaired) electrons. The van der Waals surface area contributed by atoms with Crippen molar-refractivity contribution in [3.63, 3.8) is 0 Å². The minimum atomic E-state index is -0.870. The van der Waals surface area contributed by atoms with Gasteiger partial charge in [-0.2, -0.15) is 10.2 Å². The fraction of sp³-hybridized carbons (Fsp3) is 0.423. The lowest BCUT2D eigenvalue weighted by molar-refractivity contribution is -0.122. The zero-order valence-corrected chi connectivity index (χ0v) is 23.7. The average molecular weight is 575 g/mol. The molecule has 3 heterocycles. The molecule has 4 aromatic rings. The first-order chi connectivity index (χ1) is 19.2. The smallest absolute Gasteiger partial charge is 0.332 e. The lowest BCUT2D eigenvalue weighted by Crippen LogP contribution is -2.45. The summed E-state index contributed by atoms with van der Waals surface area (Å²) < 4.78 is 33.3. The second-order valence-electron chi connectivity index (χ2n) is 9.28. The van der Waals surface area contributed by atoms with Gasteiger partial charge >= 0.3 is 5.69 Å². The number of hydrogen-bond donors (Lipinski definition) is 1. The molecule has 0 spiro atoms. The number of benzene rings is 1. The van der Waals surface area contributed by atoms with E-state index in [-0.39, 0.29) is 31.2 Å². The Hall–Kier alpha value is -3.88. The molecule has 1 atom stereocenters. The van der Waals surface area contributed by atoms with Gasteiger partial charge in [0, 0.05) is 24.3 Å². The molecule has 0 fully saturated rings. The SMILES string of the molecule is COCCO[C@@H](Cn1c(=O)n(CC(=O)NC(C)C)c(=O)c2c(C)c(-n3nccn3)sc21)c1cc(F)ccc1OC. The highest BCUT2D eigenvalue weighted by molar-refractivity contribution is 7.21. The summed E-state index contributed by atoms with van der Waals surface area (Å²) in [6.07, 6.45) is 2.13. The minimum Gasteiger partial charge on any atom is -0.496 e. The number of fused-ring (bicyclic) bond motifs is 1. The zero-order chi connectivity index (χ0) is 29.0. The Labute approximate surface area is 232 Å². The van der Waals surface area contributed by atoms with Crippen LogP contribution >= 0.6 is 11.3 Å². The van der Waals surface area contributed by atoms with Crippen molar-refractivity contribution in [3.8, 4) is 10.8 Å². The summed E-state index contributed by atoms with van der Waals surface area (Å²) in [5.41, 5.74) is -0.403. The number of rotatable bonds is 12. The Morgan fingerprint density at radius 1 is 1.12 bits per heavy atom. The van der Waals surface area contributed by atoms with Crippen LogP contribution in [0.15, 0.2) is 40.2 Å². The van der Waals surface area contributed by atoms with E-state index in [0.29, 0.717) is 26.7 Å². The third-order valence-corrected chi connectivity index (χ3v) is 7.39. The van der Waals surface area contributed by atoms with Crippen molar-refractivity contribution in [1.29, 1.82) is 0 Å². The van der Waals surface area contributed by atoms with E-state index >= 15 is 0 Å². The van der Waals surface area contributed by atoms with Gasteiger partial charge in [0.25, 0.3) is 5.56 Å². The summed E-state index contributed by atoms with van der Waals surface area (Å²) >= 11 is 1.15. The number of ether oxygens (including phenoxy) is 3. The molecule has 12 nitrogen and oxygen atoms in total. The maximum absolute atomic E-state index is 14.4. The van der Waals surface area contributed by atoms with Crippen molar-refractivity contribution >= 4 is 27.5 Å². The number of nitrogens with zero attached hydrogens (tertiary/aromatic N) is 5. The summed E-state index contributed by atoms with van der Waals surface area (Å²) in [6, 6.07) is 3.83. The number of halogens is 1. The van der Waals surface area contributed by atoms with Gasteiger partial charge in [0.1, 0.15) is 34.0 Å². The van der Waals surface area contributed by atoms with Crippen molar-refractivity contribution in [1.82, 2.24) is 29.4 Å². The Kier molecular flexibility index (Phi) is 9.12. The van der Waals surface area contributed by atoms with Crippen LogP contribution in [-0.2, 0) is 27.4 Å². The standard InChI is InChI=1S/C26H31FN6O6S/c1-15(2)30-21(34)14-31-23(35)22-16(3)24(33-28-8-9-29-33)40-25(22)32(26(31)36)13-20(39-11-10-37-4)18-12-17(27)6-7-19(18)38-5/h6-9,12,15,20H,10-11,13-14H2,1-5H3,(H,30,34)/t20-/m0/s1. The number of nitrogens with one attached hydrogen (secondary N) is 1. The second-order valence-corrected chi connectivity index (χ2v) is 10.3. The maximum atomic E-state index is 14.4. The highest BCUT2D eigenvalue weighted by Crippen LogP contribution is 2.33. The van der Waals surface area contributed by atoms with Gasteiger partial charge in [-0.3, -0.25) is 18.7 Å². The molecule has 40 heavy (non-hydrogen) atoms. The summed E-state index contributed by atoms with van der Waals surface area (Å²) in [5.74, 6) is -0.633. The molecule has 0 unspecified atom stereocenters. The molecule has 0 saturated carbocycles. The molecule has 0 aliphatic carbocycles. The van der Waals surface area contributed by atoms with E-state index in [1.165, 1.54) is 54.2 Å². The molecule has 0 bridgehead atoms. The maximum Gasteiger partial charge on any atom is 0.332 e. The van der Waals surface area contributed by atoms with E-state index in [0.717, 1.165) is 15.9 Å². The Bertz CT molecular complexity index is 1610. The molecule has 3 aromatic heterocycles. The van der Waals surface area contributed by atoms with E-state index < -0.39 is 35.6 Å². The normalized spacial score (nSPS) is 12.3. The Morgan fingerprint density at radius 2 is 1.85 bits per heavy atom. The van der Waals surface area contributed by atoms with Gasteiger partial charge in [-0.25, -0.2) is 9.18 Å². The molecule has 1 aromatic carbocycles. The summed E-state index contributed by atoms with van der Waals surface area (Å²) in [6.45, 7) is 5.09. The number of methoxy groups -OCH3 is 2. The number of amides is 1. The van der Waals surface area contributed by atoms with Crippen LogP contribution < -0.4 is 21.3 Å². The van der Waals surface area contributed by atoms with Crippen molar-refractivity contribution in [2.24, 2.45) is 0 Å². The molecule has 1 amide bonds. The second kappa shape index (κ2) is 12.5. The van der Waals surface area contributed by atoms with E-state index in [1.54, 1.807) is 20.8 Å². The van der Waals surface area contributed by atoms with Crippen molar-refractivity contribution < 1.29 is 23.4 Å². The number of aryl methyl sites for hydroxylation is 1. The first-order valence-electron chi connectivity index (χ1n) is 12.5. The molecule has 14 heteroatoms. The molecule has 0 aliphatic heterocycles. The summed E-state index contributed by atoms with van der Waals surface area (Å²) in [4.78, 5) is 41.9. The van der Waals surface area contributed by atoms with Crippen LogP contribution in [0.5, 0.6) is 5.75 Å². The number of carbonyl (C=O) groups excluding carboxylic acids is 1. The van der Waals surface area contributed by atoms with Crippen molar-refractivity contribution in [2.75, 3.05) is 27.4 Å². The number of aromatic nitrogens is 5. The van der Waals surface area contributed by atoms with Crippen LogP contribution in [0, 0.1) is 12.7 Å². The third kappa shape index (κ3) is 5.98. The Balaban J connectivity index is 1.94. The van der Waals surface area contributed by atoms with Crippen LogP contribution in [0.4, 0.5) is 4.39 Å². The molecule has 1 N–H and O–H groups in total. The lowest BCUT2D eigenvalue weighted by Gasteiger charge is -2.22. The molecule has 214 valence electrons. The lowest BCUT2D eigenvalue weighted by atomic mass is 10.1. The fourth-order valence-electron chi connectivity index (χ4n) is 4.34. The van der Waals surface area contributed by atoms with Crippen LogP contribution in [0.2, 0.25) is 0 Å². The molecule has 0 aliphatic rings. The number of carbonyl (C=O) groups is 1. The van der Waals surface area contributed by atoms with E-state index in [4.69, 9.17) is 14.2 Å². The molecule has 0 saturated heterocycles. The highest BCUT2D eigenvalue weighted by Gasteiger charge is 2.26. The van der Waals surface area contributed by atoms with Crippen LogP contribution in [0.1, 0.15) is 31.1 Å². The first kappa shape index (κ1) is 29.1. The van der Waals surface area contributed by atoms with E-state index in [1.807, 2.05) is 0 Å². The van der Waals surface area contributed by atoms with Crippen LogP contribution in [0.25, 0.3) is 15.2 Å². The third-order valence-electron chi connectivity index (χ3n) is 6.11. The quantitative estimate of drug-likeness (QED) is 0.255. The summed E-state index contributed by atoms with van der Waals surface area (Å²) in [5, 5.41) is 11.9. The van der Waals surface area contributed by atoms with Gasteiger partial charge in [-0.05, 0) is 39.0 Å². The summed E-state index contributed by atoms with van der Waals surface area (Å²) in [7, 11) is 2.97. The van der Waals surface area contributed by atoms with Crippen LogP contribution in [-0.4, -0.2) is 63.5 Å². The fourth-order valence-corrected chi connectivity index (χ4v) is 5.56. The van der Waals surface area contributed by atoms with Gasteiger partial charge in [0.15, 0.2) is 0 Å². The average Bonchev–Trinajstić information content (AvgIpc) is 3.56. The molecular formula is C26H31FN6O6S. The monoisotopic (exact) mass is 574 g/mol. The van der Waals surface area contributed by atoms with E-state index in [2.05, 4.69) is 15.5 Å². The van der Waals surface area contributed by atoms with Gasteiger partial charge in [0.05, 0.1) is 44.6 Å².